The van der Waals surface area contributed by atoms with Gasteiger partial charge < -0.3 is 20.4 Å². The number of aliphatic imine (C=N–C) groups is 1. The van der Waals surface area contributed by atoms with Gasteiger partial charge in [-0.2, -0.15) is 0 Å². The molecule has 0 aliphatic heterocycles. The van der Waals surface area contributed by atoms with Gasteiger partial charge in [-0.3, -0.25) is 9.79 Å². The van der Waals surface area contributed by atoms with Gasteiger partial charge in [0.2, 0.25) is 5.91 Å². The SMILES string of the molecule is CCN(CC)CCCC(C)NC(=NC)NCC1(C(=O)N(C)C)CCCC1. The maximum Gasteiger partial charge on any atom is 0.230 e. The highest BCUT2D eigenvalue weighted by molar-refractivity contribution is 5.85. The molecule has 1 aliphatic rings. The van der Waals surface area contributed by atoms with E-state index in [2.05, 4.69) is 41.3 Å². The summed E-state index contributed by atoms with van der Waals surface area (Å²) < 4.78 is 0. The molecule has 1 rings (SSSR count). The molecule has 0 aromatic heterocycles. The van der Waals surface area contributed by atoms with Crippen LogP contribution in [0.4, 0.5) is 0 Å². The Labute approximate surface area is 160 Å². The van der Waals surface area contributed by atoms with Crippen LogP contribution in [0.5, 0.6) is 0 Å². The van der Waals surface area contributed by atoms with Crippen LogP contribution in [0.2, 0.25) is 0 Å². The average molecular weight is 368 g/mol. The summed E-state index contributed by atoms with van der Waals surface area (Å²) in [6, 6.07) is 0.362. The van der Waals surface area contributed by atoms with Crippen molar-refractivity contribution in [2.75, 3.05) is 47.3 Å². The van der Waals surface area contributed by atoms with Crippen LogP contribution in [0.3, 0.4) is 0 Å². The van der Waals surface area contributed by atoms with Crippen molar-refractivity contribution >= 4 is 11.9 Å². The summed E-state index contributed by atoms with van der Waals surface area (Å²) in [7, 11) is 5.51. The minimum atomic E-state index is -0.271. The number of nitrogens with zero attached hydrogens (tertiary/aromatic N) is 3. The Kier molecular flexibility index (Phi) is 9.99. The fourth-order valence-electron chi connectivity index (χ4n) is 3.91. The van der Waals surface area contributed by atoms with E-state index in [1.165, 1.54) is 6.42 Å². The van der Waals surface area contributed by atoms with Gasteiger partial charge in [0.15, 0.2) is 5.96 Å². The summed E-state index contributed by atoms with van der Waals surface area (Å²) in [5, 5.41) is 6.90. The predicted molar refractivity (Wildman–Crippen MR) is 111 cm³/mol. The molecule has 26 heavy (non-hydrogen) atoms. The molecule has 1 atom stereocenters. The second kappa shape index (κ2) is 11.4. The first-order chi connectivity index (χ1) is 12.4. The third-order valence-corrected chi connectivity index (χ3v) is 5.63. The molecule has 0 spiro atoms. The number of guanidine groups is 1. The van der Waals surface area contributed by atoms with E-state index in [-0.39, 0.29) is 11.3 Å². The lowest BCUT2D eigenvalue weighted by Gasteiger charge is -2.31. The van der Waals surface area contributed by atoms with E-state index in [9.17, 15) is 4.79 Å². The molecule has 2 N–H and O–H groups in total. The summed E-state index contributed by atoms with van der Waals surface area (Å²) in [5.74, 6) is 1.04. The molecule has 0 heterocycles. The van der Waals surface area contributed by atoms with Crippen molar-refractivity contribution in [2.45, 2.75) is 65.3 Å². The van der Waals surface area contributed by atoms with E-state index in [0.717, 1.165) is 57.7 Å². The number of hydrogen-bond acceptors (Lipinski definition) is 3. The predicted octanol–water partition coefficient (Wildman–Crippen LogP) is 2.31. The zero-order valence-electron chi connectivity index (χ0n) is 17.9. The van der Waals surface area contributed by atoms with Crippen molar-refractivity contribution in [2.24, 2.45) is 10.4 Å². The summed E-state index contributed by atoms with van der Waals surface area (Å²) in [5.41, 5.74) is -0.271. The van der Waals surface area contributed by atoms with E-state index < -0.39 is 0 Å². The van der Waals surface area contributed by atoms with E-state index in [1.807, 2.05) is 14.1 Å². The monoisotopic (exact) mass is 367 g/mol. The first kappa shape index (κ1) is 22.7. The zero-order valence-corrected chi connectivity index (χ0v) is 17.9. The van der Waals surface area contributed by atoms with Crippen LogP contribution in [0.25, 0.3) is 0 Å². The topological polar surface area (TPSA) is 60.0 Å². The van der Waals surface area contributed by atoms with Crippen LogP contribution in [-0.4, -0.2) is 75.0 Å². The molecule has 0 aromatic rings. The zero-order chi connectivity index (χ0) is 19.6. The molecular formula is C20H41N5O. The number of amides is 1. The third-order valence-electron chi connectivity index (χ3n) is 5.63. The van der Waals surface area contributed by atoms with Gasteiger partial charge in [-0.15, -0.1) is 0 Å². The molecule has 1 saturated carbocycles. The lowest BCUT2D eigenvalue weighted by molar-refractivity contribution is -0.138. The molecule has 1 aliphatic carbocycles. The number of carbonyl (C=O) groups is 1. The summed E-state index contributed by atoms with van der Waals surface area (Å²) >= 11 is 0. The second-order valence-electron chi connectivity index (χ2n) is 7.83. The molecule has 0 aromatic carbocycles. The maximum atomic E-state index is 12.7. The van der Waals surface area contributed by atoms with E-state index >= 15 is 0 Å². The Morgan fingerprint density at radius 1 is 1.19 bits per heavy atom. The number of carbonyl (C=O) groups excluding carboxylic acids is 1. The Bertz CT molecular complexity index is 439. The van der Waals surface area contributed by atoms with Crippen LogP contribution >= 0.6 is 0 Å². The minimum absolute atomic E-state index is 0.241. The first-order valence-corrected chi connectivity index (χ1v) is 10.3. The number of rotatable bonds is 10. The Hall–Kier alpha value is -1.30. The van der Waals surface area contributed by atoms with Crippen molar-refractivity contribution in [3.05, 3.63) is 0 Å². The average Bonchev–Trinajstić information content (AvgIpc) is 3.11. The van der Waals surface area contributed by atoms with Gasteiger partial charge in [0.1, 0.15) is 0 Å². The number of nitrogens with one attached hydrogen (secondary N) is 2. The quantitative estimate of drug-likeness (QED) is 0.459. The molecule has 6 heteroatoms. The molecular weight excluding hydrogens is 326 g/mol. The van der Waals surface area contributed by atoms with E-state index in [0.29, 0.717) is 12.6 Å². The normalized spacial score (nSPS) is 18.0. The van der Waals surface area contributed by atoms with Crippen molar-refractivity contribution in [3.8, 4) is 0 Å². The second-order valence-corrected chi connectivity index (χ2v) is 7.83. The highest BCUT2D eigenvalue weighted by Gasteiger charge is 2.42. The number of hydrogen-bond donors (Lipinski definition) is 2. The molecule has 1 amide bonds. The van der Waals surface area contributed by atoms with Crippen molar-refractivity contribution in [1.29, 1.82) is 0 Å². The van der Waals surface area contributed by atoms with E-state index in [1.54, 1.807) is 11.9 Å². The largest absolute Gasteiger partial charge is 0.355 e. The Morgan fingerprint density at radius 3 is 2.31 bits per heavy atom. The smallest absolute Gasteiger partial charge is 0.230 e. The van der Waals surface area contributed by atoms with Crippen LogP contribution in [-0.2, 0) is 4.79 Å². The van der Waals surface area contributed by atoms with Crippen LogP contribution in [0.1, 0.15) is 59.3 Å². The van der Waals surface area contributed by atoms with Gasteiger partial charge in [-0.1, -0.05) is 26.7 Å². The van der Waals surface area contributed by atoms with Gasteiger partial charge >= 0.3 is 0 Å². The fourth-order valence-corrected chi connectivity index (χ4v) is 3.91. The fraction of sp³-hybridized carbons (Fsp3) is 0.900. The molecule has 6 nitrogen and oxygen atoms in total. The van der Waals surface area contributed by atoms with Crippen LogP contribution in [0, 0.1) is 5.41 Å². The van der Waals surface area contributed by atoms with Gasteiger partial charge in [-0.25, -0.2) is 0 Å². The minimum Gasteiger partial charge on any atom is -0.355 e. The van der Waals surface area contributed by atoms with Crippen molar-refractivity contribution < 1.29 is 4.79 Å². The van der Waals surface area contributed by atoms with Gasteiger partial charge in [0.05, 0.1) is 5.41 Å². The Balaban J connectivity index is 2.47. The maximum absolute atomic E-state index is 12.7. The van der Waals surface area contributed by atoms with Gasteiger partial charge in [0, 0.05) is 33.7 Å². The molecule has 1 unspecified atom stereocenters. The van der Waals surface area contributed by atoms with Crippen molar-refractivity contribution in [1.82, 2.24) is 20.4 Å². The third kappa shape index (κ3) is 6.78. The summed E-state index contributed by atoms with van der Waals surface area (Å²) in [4.78, 5) is 21.2. The Morgan fingerprint density at radius 2 is 1.81 bits per heavy atom. The lowest BCUT2D eigenvalue weighted by Crippen LogP contribution is -2.50. The van der Waals surface area contributed by atoms with Gasteiger partial charge in [0.25, 0.3) is 0 Å². The standard InChI is InChI=1S/C20H41N5O/c1-7-25(8-2)15-11-12-17(3)23-19(21-4)22-16-20(13-9-10-14-20)18(26)24(5)6/h17H,7-16H2,1-6H3,(H2,21,22,23). The van der Waals surface area contributed by atoms with Crippen LogP contribution in [0.15, 0.2) is 4.99 Å². The molecule has 0 saturated heterocycles. The molecule has 152 valence electrons. The van der Waals surface area contributed by atoms with Gasteiger partial charge in [-0.05, 0) is 52.2 Å². The summed E-state index contributed by atoms with van der Waals surface area (Å²) in [6.45, 7) is 10.7. The lowest BCUT2D eigenvalue weighted by atomic mass is 9.84. The molecule has 1 fully saturated rings. The van der Waals surface area contributed by atoms with Crippen LogP contribution < -0.4 is 10.6 Å². The molecule has 0 radical (unpaired) electrons. The molecule has 0 bridgehead atoms. The van der Waals surface area contributed by atoms with Crippen molar-refractivity contribution in [3.63, 3.8) is 0 Å². The highest BCUT2D eigenvalue weighted by atomic mass is 16.2. The first-order valence-electron chi connectivity index (χ1n) is 10.3. The highest BCUT2D eigenvalue weighted by Crippen LogP contribution is 2.38. The summed E-state index contributed by atoms with van der Waals surface area (Å²) in [6.07, 6.45) is 6.49. The van der Waals surface area contributed by atoms with E-state index in [4.69, 9.17) is 0 Å².